The van der Waals surface area contributed by atoms with Gasteiger partial charge in [-0.25, -0.2) is 4.39 Å². The van der Waals surface area contributed by atoms with Crippen molar-refractivity contribution in [1.29, 1.82) is 5.26 Å². The number of hydrogen-bond acceptors (Lipinski definition) is 3. The summed E-state index contributed by atoms with van der Waals surface area (Å²) >= 11 is 0. The van der Waals surface area contributed by atoms with Crippen molar-refractivity contribution in [3.63, 3.8) is 0 Å². The van der Waals surface area contributed by atoms with Crippen LogP contribution in [0, 0.1) is 17.1 Å². The van der Waals surface area contributed by atoms with Crippen LogP contribution in [0.3, 0.4) is 0 Å². The third-order valence-corrected chi connectivity index (χ3v) is 2.47. The van der Waals surface area contributed by atoms with Crippen molar-refractivity contribution in [3.8, 4) is 11.8 Å². The molecule has 0 amide bonds. The highest BCUT2D eigenvalue weighted by Gasteiger charge is 2.05. The van der Waals surface area contributed by atoms with Crippen LogP contribution in [0.25, 0.3) is 0 Å². The Morgan fingerprint density at radius 1 is 1.50 bits per heavy atom. The zero-order valence-electron chi connectivity index (χ0n) is 9.93. The van der Waals surface area contributed by atoms with Gasteiger partial charge in [-0.15, -0.1) is 0 Å². The number of nitrogens with zero attached hydrogens (tertiary/aromatic N) is 3. The number of aromatic nitrogens is 2. The highest BCUT2D eigenvalue weighted by molar-refractivity contribution is 5.35. The first-order valence-electron chi connectivity index (χ1n) is 5.49. The summed E-state index contributed by atoms with van der Waals surface area (Å²) in [6.07, 6.45) is 4.30. The summed E-state index contributed by atoms with van der Waals surface area (Å²) in [7, 11) is 1.84. The van der Waals surface area contributed by atoms with Gasteiger partial charge in [0.25, 0.3) is 0 Å². The maximum atomic E-state index is 13.5. The molecule has 1 heterocycles. The lowest BCUT2D eigenvalue weighted by Crippen LogP contribution is -2.02. The van der Waals surface area contributed by atoms with Gasteiger partial charge in [0.15, 0.2) is 11.6 Å². The van der Waals surface area contributed by atoms with Crippen LogP contribution in [0.5, 0.6) is 5.75 Å². The molecule has 1 aromatic carbocycles. The molecule has 0 fully saturated rings. The van der Waals surface area contributed by atoms with Crippen LogP contribution in [-0.2, 0) is 13.5 Å². The van der Waals surface area contributed by atoms with Crippen molar-refractivity contribution >= 4 is 0 Å². The molecule has 0 spiro atoms. The molecule has 0 radical (unpaired) electrons. The number of hydrogen-bond donors (Lipinski definition) is 0. The van der Waals surface area contributed by atoms with E-state index in [9.17, 15) is 4.39 Å². The second kappa shape index (κ2) is 5.32. The van der Waals surface area contributed by atoms with Gasteiger partial charge in [0, 0.05) is 19.7 Å². The minimum absolute atomic E-state index is 0.165. The molecular weight excluding hydrogens is 233 g/mol. The van der Waals surface area contributed by atoms with Crippen molar-refractivity contribution in [2.75, 3.05) is 6.61 Å². The molecule has 0 saturated carbocycles. The van der Waals surface area contributed by atoms with E-state index in [1.165, 1.54) is 18.2 Å². The van der Waals surface area contributed by atoms with Gasteiger partial charge in [0.2, 0.25) is 0 Å². The first-order chi connectivity index (χ1) is 8.69. The first-order valence-corrected chi connectivity index (χ1v) is 5.49. The van der Waals surface area contributed by atoms with Crippen LogP contribution in [0.4, 0.5) is 4.39 Å². The van der Waals surface area contributed by atoms with Crippen molar-refractivity contribution in [3.05, 3.63) is 47.5 Å². The fourth-order valence-corrected chi connectivity index (χ4v) is 1.57. The molecule has 2 rings (SSSR count). The van der Waals surface area contributed by atoms with E-state index in [4.69, 9.17) is 10.00 Å². The third kappa shape index (κ3) is 2.86. The van der Waals surface area contributed by atoms with Gasteiger partial charge in [-0.3, -0.25) is 4.68 Å². The quantitative estimate of drug-likeness (QED) is 0.828. The van der Waals surface area contributed by atoms with Crippen LogP contribution in [0.1, 0.15) is 11.1 Å². The second-order valence-corrected chi connectivity index (χ2v) is 3.88. The summed E-state index contributed by atoms with van der Waals surface area (Å²) in [5.74, 6) is -0.349. The Morgan fingerprint density at radius 2 is 2.33 bits per heavy atom. The zero-order chi connectivity index (χ0) is 13.0. The summed E-state index contributed by atoms with van der Waals surface area (Å²) in [4.78, 5) is 0. The maximum absolute atomic E-state index is 13.5. The molecule has 0 unspecified atom stereocenters. The maximum Gasteiger partial charge on any atom is 0.166 e. The number of nitriles is 1. The number of ether oxygens (including phenoxy) is 1. The van der Waals surface area contributed by atoms with Gasteiger partial charge in [0.05, 0.1) is 24.4 Å². The van der Waals surface area contributed by atoms with Gasteiger partial charge in [0.1, 0.15) is 0 Å². The zero-order valence-corrected chi connectivity index (χ0v) is 9.93. The lowest BCUT2D eigenvalue weighted by Gasteiger charge is -2.06. The van der Waals surface area contributed by atoms with Gasteiger partial charge in [-0.2, -0.15) is 10.4 Å². The Hall–Kier alpha value is -2.35. The molecule has 0 aliphatic heterocycles. The van der Waals surface area contributed by atoms with E-state index in [1.54, 1.807) is 10.9 Å². The van der Waals surface area contributed by atoms with E-state index in [1.807, 2.05) is 19.3 Å². The smallest absolute Gasteiger partial charge is 0.166 e. The van der Waals surface area contributed by atoms with Crippen LogP contribution >= 0.6 is 0 Å². The first kappa shape index (κ1) is 12.1. The lowest BCUT2D eigenvalue weighted by atomic mass is 10.2. The molecule has 5 heteroatoms. The van der Waals surface area contributed by atoms with E-state index in [0.29, 0.717) is 13.0 Å². The highest BCUT2D eigenvalue weighted by atomic mass is 19.1. The predicted octanol–water partition coefficient (Wildman–Crippen LogP) is 2.05. The Labute approximate surface area is 104 Å². The molecule has 4 nitrogen and oxygen atoms in total. The molecule has 0 atom stereocenters. The molecule has 0 bridgehead atoms. The third-order valence-electron chi connectivity index (χ3n) is 2.47. The van der Waals surface area contributed by atoms with Gasteiger partial charge < -0.3 is 4.74 Å². The fraction of sp³-hybridized carbons (Fsp3) is 0.231. The minimum atomic E-state index is -0.514. The normalized spacial score (nSPS) is 10.1. The van der Waals surface area contributed by atoms with Crippen LogP contribution < -0.4 is 4.74 Å². The molecule has 1 aromatic heterocycles. The summed E-state index contributed by atoms with van der Waals surface area (Å²) in [5.41, 5.74) is 1.32. The molecular formula is C13H12FN3O. The average Bonchev–Trinajstić information content (AvgIpc) is 2.77. The largest absolute Gasteiger partial charge is 0.490 e. The van der Waals surface area contributed by atoms with Crippen molar-refractivity contribution in [2.24, 2.45) is 7.05 Å². The summed E-state index contributed by atoms with van der Waals surface area (Å²) in [5, 5.41) is 12.6. The Kier molecular flexibility index (Phi) is 3.58. The average molecular weight is 245 g/mol. The standard InChI is InChI=1S/C13H12FN3O/c1-17-9-11(8-16-17)4-5-18-13-3-2-10(7-15)6-12(13)14/h2-3,6,8-9H,4-5H2,1H3. The van der Waals surface area contributed by atoms with Crippen LogP contribution in [0.2, 0.25) is 0 Å². The fourth-order valence-electron chi connectivity index (χ4n) is 1.57. The van der Waals surface area contributed by atoms with Crippen LogP contribution in [-0.4, -0.2) is 16.4 Å². The lowest BCUT2D eigenvalue weighted by molar-refractivity contribution is 0.305. The van der Waals surface area contributed by atoms with Crippen LogP contribution in [0.15, 0.2) is 30.6 Å². The van der Waals surface area contributed by atoms with Crippen molar-refractivity contribution in [2.45, 2.75) is 6.42 Å². The summed E-state index contributed by atoms with van der Waals surface area (Å²) < 4.78 is 20.5. The van der Waals surface area contributed by atoms with Crippen molar-refractivity contribution in [1.82, 2.24) is 9.78 Å². The minimum Gasteiger partial charge on any atom is -0.490 e. The highest BCUT2D eigenvalue weighted by Crippen LogP contribution is 2.18. The van der Waals surface area contributed by atoms with E-state index >= 15 is 0 Å². The Balaban J connectivity index is 1.92. The van der Waals surface area contributed by atoms with E-state index in [0.717, 1.165) is 5.56 Å². The topological polar surface area (TPSA) is 50.8 Å². The van der Waals surface area contributed by atoms with E-state index in [-0.39, 0.29) is 11.3 Å². The van der Waals surface area contributed by atoms with Gasteiger partial charge >= 0.3 is 0 Å². The number of benzene rings is 1. The molecule has 0 aliphatic carbocycles. The molecule has 18 heavy (non-hydrogen) atoms. The molecule has 0 saturated heterocycles. The predicted molar refractivity (Wildman–Crippen MR) is 63.5 cm³/mol. The van der Waals surface area contributed by atoms with Gasteiger partial charge in [-0.1, -0.05) is 0 Å². The molecule has 92 valence electrons. The molecule has 2 aromatic rings. The molecule has 0 aliphatic rings. The second-order valence-electron chi connectivity index (χ2n) is 3.88. The van der Waals surface area contributed by atoms with Gasteiger partial charge in [-0.05, 0) is 23.8 Å². The Morgan fingerprint density at radius 3 is 2.94 bits per heavy atom. The number of aryl methyl sites for hydroxylation is 1. The SMILES string of the molecule is Cn1cc(CCOc2ccc(C#N)cc2F)cn1. The number of halogens is 1. The monoisotopic (exact) mass is 245 g/mol. The van der Waals surface area contributed by atoms with E-state index < -0.39 is 5.82 Å². The molecule has 0 N–H and O–H groups in total. The van der Waals surface area contributed by atoms with E-state index in [2.05, 4.69) is 5.10 Å². The number of rotatable bonds is 4. The Bertz CT molecular complexity index is 586. The summed E-state index contributed by atoms with van der Waals surface area (Å²) in [6.45, 7) is 0.370. The van der Waals surface area contributed by atoms with Crippen molar-refractivity contribution < 1.29 is 9.13 Å². The summed E-state index contributed by atoms with van der Waals surface area (Å²) in [6, 6.07) is 6.04.